The summed E-state index contributed by atoms with van der Waals surface area (Å²) in [6.07, 6.45) is -1.95. The van der Waals surface area contributed by atoms with Crippen LogP contribution in [0.1, 0.15) is 36.1 Å². The molecule has 1 saturated carbocycles. The van der Waals surface area contributed by atoms with Gasteiger partial charge in [0.05, 0.1) is 33.0 Å². The van der Waals surface area contributed by atoms with Gasteiger partial charge in [0.2, 0.25) is 0 Å². The Labute approximate surface area is 254 Å². The van der Waals surface area contributed by atoms with Gasteiger partial charge in [0, 0.05) is 0 Å². The standard InChI is InChI=1S/C37H40O6/c1-36(2)42-35-33(40-25-30-19-11-5-12-20-30)32(39-24-29-17-9-4-10-18-29)34(41-26-31-21-13-6-14-22-31)37(35,43-36)27-38-23-28-15-7-3-8-16-28/h3-22,32-35H,23-27H2,1-2H3/t32-,33-,34+,35-,37+/m1/s1. The van der Waals surface area contributed by atoms with E-state index < -0.39 is 35.8 Å². The molecule has 0 spiro atoms. The molecule has 0 amide bonds. The highest BCUT2D eigenvalue weighted by atomic mass is 16.8. The van der Waals surface area contributed by atoms with Crippen LogP contribution >= 0.6 is 0 Å². The highest BCUT2D eigenvalue weighted by molar-refractivity contribution is 5.21. The van der Waals surface area contributed by atoms with E-state index >= 15 is 0 Å². The molecule has 6 nitrogen and oxygen atoms in total. The van der Waals surface area contributed by atoms with E-state index in [2.05, 4.69) is 48.5 Å². The Hall–Kier alpha value is -3.36. The predicted molar refractivity (Wildman–Crippen MR) is 164 cm³/mol. The highest BCUT2D eigenvalue weighted by Crippen LogP contribution is 2.50. The van der Waals surface area contributed by atoms with Gasteiger partial charge < -0.3 is 28.4 Å². The Morgan fingerprint density at radius 2 is 0.953 bits per heavy atom. The smallest absolute Gasteiger partial charge is 0.164 e. The largest absolute Gasteiger partial charge is 0.374 e. The quantitative estimate of drug-likeness (QED) is 0.172. The van der Waals surface area contributed by atoms with E-state index in [9.17, 15) is 0 Å². The maximum Gasteiger partial charge on any atom is 0.164 e. The number of hydrogen-bond donors (Lipinski definition) is 0. The van der Waals surface area contributed by atoms with Gasteiger partial charge in [-0.2, -0.15) is 0 Å². The molecule has 0 N–H and O–H groups in total. The molecule has 4 aromatic rings. The summed E-state index contributed by atoms with van der Waals surface area (Å²) >= 11 is 0. The Morgan fingerprint density at radius 3 is 1.44 bits per heavy atom. The molecule has 4 aromatic carbocycles. The molecule has 0 unspecified atom stereocenters. The lowest BCUT2D eigenvalue weighted by Gasteiger charge is -2.36. The molecule has 224 valence electrons. The second-order valence-electron chi connectivity index (χ2n) is 11.7. The molecule has 1 heterocycles. The minimum absolute atomic E-state index is 0.256. The van der Waals surface area contributed by atoms with Crippen molar-refractivity contribution in [3.63, 3.8) is 0 Å². The molecular formula is C37H40O6. The van der Waals surface area contributed by atoms with E-state index in [1.807, 2.05) is 86.6 Å². The third-order valence-electron chi connectivity index (χ3n) is 8.01. The first kappa shape index (κ1) is 29.7. The molecule has 2 aliphatic rings. The third-order valence-corrected chi connectivity index (χ3v) is 8.01. The zero-order valence-corrected chi connectivity index (χ0v) is 24.8. The molecule has 1 aliphatic carbocycles. The summed E-state index contributed by atoms with van der Waals surface area (Å²) in [5.41, 5.74) is 3.33. The summed E-state index contributed by atoms with van der Waals surface area (Å²) in [5.74, 6) is -0.867. The van der Waals surface area contributed by atoms with E-state index in [1.165, 1.54) is 0 Å². The molecule has 5 atom stereocenters. The zero-order chi connectivity index (χ0) is 29.5. The lowest BCUT2D eigenvalue weighted by Crippen LogP contribution is -2.53. The number of fused-ring (bicyclic) bond motifs is 1. The second-order valence-corrected chi connectivity index (χ2v) is 11.7. The SMILES string of the molecule is CC1(C)O[C@@H]2[C@H](OCc3ccccc3)[C@@H](OCc3ccccc3)[C@H](OCc3ccccc3)[C@]2(COCc2ccccc2)O1. The molecule has 43 heavy (non-hydrogen) atoms. The Balaban J connectivity index is 1.33. The van der Waals surface area contributed by atoms with Crippen LogP contribution in [-0.2, 0) is 54.8 Å². The van der Waals surface area contributed by atoms with E-state index in [4.69, 9.17) is 28.4 Å². The van der Waals surface area contributed by atoms with Crippen LogP contribution in [0.15, 0.2) is 121 Å². The summed E-state index contributed by atoms with van der Waals surface area (Å²) in [4.78, 5) is 0. The van der Waals surface area contributed by atoms with Gasteiger partial charge in [0.15, 0.2) is 11.4 Å². The lowest BCUT2D eigenvalue weighted by atomic mass is 9.97. The molecule has 1 saturated heterocycles. The van der Waals surface area contributed by atoms with Crippen molar-refractivity contribution in [1.82, 2.24) is 0 Å². The predicted octanol–water partition coefficient (Wildman–Crippen LogP) is 6.86. The third kappa shape index (κ3) is 7.07. The first-order chi connectivity index (χ1) is 21.0. The van der Waals surface area contributed by atoms with Gasteiger partial charge in [-0.05, 0) is 36.1 Å². The number of hydrogen-bond acceptors (Lipinski definition) is 6. The topological polar surface area (TPSA) is 55.4 Å². The van der Waals surface area contributed by atoms with Crippen LogP contribution in [0.5, 0.6) is 0 Å². The molecule has 0 radical (unpaired) electrons. The van der Waals surface area contributed by atoms with Crippen molar-refractivity contribution < 1.29 is 28.4 Å². The van der Waals surface area contributed by atoms with E-state index in [1.54, 1.807) is 0 Å². The maximum atomic E-state index is 6.83. The Bertz CT molecular complexity index is 1400. The van der Waals surface area contributed by atoms with Crippen molar-refractivity contribution >= 4 is 0 Å². The van der Waals surface area contributed by atoms with Crippen molar-refractivity contribution in [3.8, 4) is 0 Å². The van der Waals surface area contributed by atoms with Crippen molar-refractivity contribution in [3.05, 3.63) is 144 Å². The lowest BCUT2D eigenvalue weighted by molar-refractivity contribution is -0.239. The highest BCUT2D eigenvalue weighted by Gasteiger charge is 2.70. The summed E-state index contributed by atoms with van der Waals surface area (Å²) in [7, 11) is 0. The van der Waals surface area contributed by atoms with Crippen LogP contribution in [0.2, 0.25) is 0 Å². The fraction of sp³-hybridized carbons (Fsp3) is 0.351. The van der Waals surface area contributed by atoms with Crippen LogP contribution in [0.4, 0.5) is 0 Å². The number of rotatable bonds is 13. The minimum Gasteiger partial charge on any atom is -0.374 e. The van der Waals surface area contributed by atoms with Crippen LogP contribution in [0.3, 0.4) is 0 Å². The van der Waals surface area contributed by atoms with Crippen molar-refractivity contribution in [2.45, 2.75) is 76.1 Å². The molecule has 0 aromatic heterocycles. The van der Waals surface area contributed by atoms with Crippen molar-refractivity contribution in [2.75, 3.05) is 6.61 Å². The summed E-state index contributed by atoms with van der Waals surface area (Å²) < 4.78 is 40.1. The summed E-state index contributed by atoms with van der Waals surface area (Å²) in [5, 5.41) is 0. The van der Waals surface area contributed by atoms with Gasteiger partial charge in [-0.25, -0.2) is 0 Å². The van der Waals surface area contributed by atoms with E-state index in [-0.39, 0.29) is 6.61 Å². The zero-order valence-electron chi connectivity index (χ0n) is 24.8. The molecular weight excluding hydrogens is 540 g/mol. The fourth-order valence-corrected chi connectivity index (χ4v) is 6.12. The van der Waals surface area contributed by atoms with Gasteiger partial charge in [0.1, 0.15) is 24.4 Å². The molecule has 6 heteroatoms. The fourth-order valence-electron chi connectivity index (χ4n) is 6.12. The van der Waals surface area contributed by atoms with Gasteiger partial charge >= 0.3 is 0 Å². The first-order valence-corrected chi connectivity index (χ1v) is 15.0. The molecule has 6 rings (SSSR count). The number of ether oxygens (including phenoxy) is 6. The van der Waals surface area contributed by atoms with Crippen LogP contribution in [0.25, 0.3) is 0 Å². The van der Waals surface area contributed by atoms with Crippen molar-refractivity contribution in [2.24, 2.45) is 0 Å². The van der Waals surface area contributed by atoms with Gasteiger partial charge in [-0.1, -0.05) is 121 Å². The van der Waals surface area contributed by atoms with Gasteiger partial charge in [0.25, 0.3) is 0 Å². The number of benzene rings is 4. The molecule has 1 aliphatic heterocycles. The second kappa shape index (κ2) is 13.5. The Morgan fingerprint density at radius 1 is 0.535 bits per heavy atom. The molecule has 0 bridgehead atoms. The van der Waals surface area contributed by atoms with Gasteiger partial charge in [-0.3, -0.25) is 0 Å². The average molecular weight is 581 g/mol. The minimum atomic E-state index is -0.963. The summed E-state index contributed by atoms with van der Waals surface area (Å²) in [6, 6.07) is 40.6. The average Bonchev–Trinajstić information content (AvgIpc) is 3.43. The Kier molecular flexibility index (Phi) is 9.34. The first-order valence-electron chi connectivity index (χ1n) is 15.0. The monoisotopic (exact) mass is 580 g/mol. The van der Waals surface area contributed by atoms with E-state index in [0.29, 0.717) is 26.4 Å². The molecule has 2 fully saturated rings. The maximum absolute atomic E-state index is 6.83. The van der Waals surface area contributed by atoms with Crippen LogP contribution < -0.4 is 0 Å². The summed E-state index contributed by atoms with van der Waals surface area (Å²) in [6.45, 7) is 5.77. The van der Waals surface area contributed by atoms with E-state index in [0.717, 1.165) is 22.3 Å². The van der Waals surface area contributed by atoms with Gasteiger partial charge in [-0.15, -0.1) is 0 Å². The normalized spacial score (nSPS) is 25.9. The van der Waals surface area contributed by atoms with Crippen LogP contribution in [0, 0.1) is 0 Å². The van der Waals surface area contributed by atoms with Crippen LogP contribution in [-0.4, -0.2) is 42.4 Å². The van der Waals surface area contributed by atoms with Crippen molar-refractivity contribution in [1.29, 1.82) is 0 Å².